The molecule has 0 amide bonds. The topological polar surface area (TPSA) is 55.5 Å². The molecule has 2 atom stereocenters. The van der Waals surface area contributed by atoms with Gasteiger partial charge >= 0.3 is 0 Å². The quantitative estimate of drug-likeness (QED) is 0.834. The number of benzene rings is 1. The average Bonchev–Trinajstić information content (AvgIpc) is 2.19. The van der Waals surface area contributed by atoms with Gasteiger partial charge in [0.1, 0.15) is 5.75 Å². The van der Waals surface area contributed by atoms with E-state index in [1.165, 1.54) is 0 Å². The van der Waals surface area contributed by atoms with Crippen LogP contribution in [0.3, 0.4) is 0 Å². The number of hydrogen-bond acceptors (Lipinski definition) is 3. The molecule has 0 fully saturated rings. The largest absolute Gasteiger partial charge is 0.495 e. The van der Waals surface area contributed by atoms with Crippen LogP contribution in [0.5, 0.6) is 5.75 Å². The summed E-state index contributed by atoms with van der Waals surface area (Å²) >= 11 is 5.97. The molecule has 1 rings (SSSR count). The van der Waals surface area contributed by atoms with Crippen molar-refractivity contribution in [3.05, 3.63) is 28.3 Å². The van der Waals surface area contributed by atoms with Gasteiger partial charge in [-0.05, 0) is 37.1 Å². The van der Waals surface area contributed by atoms with E-state index in [-0.39, 0.29) is 6.04 Å². The maximum Gasteiger partial charge on any atom is 0.137 e. The van der Waals surface area contributed by atoms with Gasteiger partial charge in [-0.2, -0.15) is 0 Å². The standard InChI is InChI=1S/C11H16ClNO2/c1-6-4-10(15-3)9(12)5-8(6)11(14)7(2)13/h4-5,7,11,14H,13H2,1-3H3. The lowest BCUT2D eigenvalue weighted by atomic mass is 9.99. The van der Waals surface area contributed by atoms with Gasteiger partial charge in [-0.1, -0.05) is 11.6 Å². The molecule has 15 heavy (non-hydrogen) atoms. The van der Waals surface area contributed by atoms with Crippen molar-refractivity contribution in [2.24, 2.45) is 5.73 Å². The van der Waals surface area contributed by atoms with E-state index in [0.29, 0.717) is 10.8 Å². The summed E-state index contributed by atoms with van der Waals surface area (Å²) < 4.78 is 5.08. The zero-order chi connectivity index (χ0) is 11.6. The predicted octanol–water partition coefficient (Wildman–Crippen LogP) is 2.04. The van der Waals surface area contributed by atoms with Crippen molar-refractivity contribution >= 4 is 11.6 Å². The summed E-state index contributed by atoms with van der Waals surface area (Å²) in [6.45, 7) is 3.64. The first-order chi connectivity index (χ1) is 6.97. The van der Waals surface area contributed by atoms with Gasteiger partial charge in [0.15, 0.2) is 0 Å². The van der Waals surface area contributed by atoms with E-state index in [1.54, 1.807) is 26.2 Å². The average molecular weight is 230 g/mol. The highest BCUT2D eigenvalue weighted by Crippen LogP contribution is 2.31. The second kappa shape index (κ2) is 4.84. The Morgan fingerprint density at radius 3 is 2.53 bits per heavy atom. The van der Waals surface area contributed by atoms with Gasteiger partial charge in [0, 0.05) is 6.04 Å². The lowest BCUT2D eigenvalue weighted by molar-refractivity contribution is 0.152. The van der Waals surface area contributed by atoms with E-state index >= 15 is 0 Å². The smallest absolute Gasteiger partial charge is 0.137 e. The van der Waals surface area contributed by atoms with Gasteiger partial charge in [-0.3, -0.25) is 0 Å². The lowest BCUT2D eigenvalue weighted by Gasteiger charge is -2.18. The van der Waals surface area contributed by atoms with Crippen LogP contribution in [0.2, 0.25) is 5.02 Å². The van der Waals surface area contributed by atoms with Crippen molar-refractivity contribution in [1.82, 2.24) is 0 Å². The Kier molecular flexibility index (Phi) is 3.97. The Labute approximate surface area is 94.8 Å². The fourth-order valence-corrected chi connectivity index (χ4v) is 1.68. The molecule has 3 N–H and O–H groups in total. The van der Waals surface area contributed by atoms with Crippen LogP contribution in [-0.2, 0) is 0 Å². The van der Waals surface area contributed by atoms with Crippen LogP contribution in [0.25, 0.3) is 0 Å². The SMILES string of the molecule is COc1cc(C)c(C(O)C(C)N)cc1Cl. The number of rotatable bonds is 3. The number of ether oxygens (including phenoxy) is 1. The lowest BCUT2D eigenvalue weighted by Crippen LogP contribution is -2.25. The number of nitrogens with two attached hydrogens (primary N) is 1. The van der Waals surface area contributed by atoms with Crippen LogP contribution in [0, 0.1) is 6.92 Å². The highest BCUT2D eigenvalue weighted by molar-refractivity contribution is 6.32. The number of aryl methyl sites for hydroxylation is 1. The molecule has 0 saturated carbocycles. The van der Waals surface area contributed by atoms with Gasteiger partial charge in [-0.15, -0.1) is 0 Å². The summed E-state index contributed by atoms with van der Waals surface area (Å²) in [7, 11) is 1.56. The van der Waals surface area contributed by atoms with Crippen LogP contribution < -0.4 is 10.5 Å². The fraction of sp³-hybridized carbons (Fsp3) is 0.455. The minimum absolute atomic E-state index is 0.326. The summed E-state index contributed by atoms with van der Waals surface area (Å²) in [5, 5.41) is 10.3. The molecular formula is C11H16ClNO2. The molecule has 2 unspecified atom stereocenters. The van der Waals surface area contributed by atoms with Crippen molar-refractivity contribution in [3.8, 4) is 5.75 Å². The molecule has 0 radical (unpaired) electrons. The summed E-state index contributed by atoms with van der Waals surface area (Å²) in [5.41, 5.74) is 7.30. The van der Waals surface area contributed by atoms with Crippen LogP contribution in [-0.4, -0.2) is 18.3 Å². The summed E-state index contributed by atoms with van der Waals surface area (Å²) in [6.07, 6.45) is -0.701. The summed E-state index contributed by atoms with van der Waals surface area (Å²) in [4.78, 5) is 0. The molecular weight excluding hydrogens is 214 g/mol. The minimum Gasteiger partial charge on any atom is -0.495 e. The molecule has 84 valence electrons. The Morgan fingerprint density at radius 2 is 2.07 bits per heavy atom. The van der Waals surface area contributed by atoms with Gasteiger partial charge < -0.3 is 15.6 Å². The molecule has 0 aliphatic heterocycles. The Hall–Kier alpha value is -0.770. The molecule has 0 spiro atoms. The van der Waals surface area contributed by atoms with E-state index in [0.717, 1.165) is 11.1 Å². The first-order valence-electron chi connectivity index (χ1n) is 4.75. The molecule has 0 aromatic heterocycles. The normalized spacial score (nSPS) is 14.8. The van der Waals surface area contributed by atoms with Crippen LogP contribution in [0.15, 0.2) is 12.1 Å². The predicted molar refractivity (Wildman–Crippen MR) is 61.4 cm³/mol. The first-order valence-corrected chi connectivity index (χ1v) is 5.12. The molecule has 0 aliphatic carbocycles. The van der Waals surface area contributed by atoms with Gasteiger partial charge in [0.25, 0.3) is 0 Å². The van der Waals surface area contributed by atoms with Crippen LogP contribution in [0.4, 0.5) is 0 Å². The maximum absolute atomic E-state index is 9.84. The molecule has 0 heterocycles. The summed E-state index contributed by atoms with van der Waals surface area (Å²) in [6, 6.07) is 3.17. The zero-order valence-corrected chi connectivity index (χ0v) is 9.88. The van der Waals surface area contributed by atoms with Gasteiger partial charge in [-0.25, -0.2) is 0 Å². The first kappa shape index (κ1) is 12.3. The van der Waals surface area contributed by atoms with E-state index in [1.807, 2.05) is 6.92 Å². The van der Waals surface area contributed by atoms with E-state index in [4.69, 9.17) is 22.1 Å². The third-order valence-corrected chi connectivity index (χ3v) is 2.65. The van der Waals surface area contributed by atoms with Crippen molar-refractivity contribution in [2.75, 3.05) is 7.11 Å². The van der Waals surface area contributed by atoms with E-state index in [2.05, 4.69) is 0 Å². The van der Waals surface area contributed by atoms with Gasteiger partial charge in [0.2, 0.25) is 0 Å². The second-order valence-corrected chi connectivity index (χ2v) is 4.05. The third-order valence-electron chi connectivity index (χ3n) is 2.36. The van der Waals surface area contributed by atoms with Crippen molar-refractivity contribution in [3.63, 3.8) is 0 Å². The second-order valence-electron chi connectivity index (χ2n) is 3.65. The van der Waals surface area contributed by atoms with E-state index < -0.39 is 6.10 Å². The molecule has 0 bridgehead atoms. The summed E-state index contributed by atoms with van der Waals surface area (Å²) in [5.74, 6) is 0.606. The van der Waals surface area contributed by atoms with Gasteiger partial charge in [0.05, 0.1) is 18.2 Å². The molecule has 3 nitrogen and oxygen atoms in total. The number of aliphatic hydroxyl groups is 1. The Morgan fingerprint density at radius 1 is 1.47 bits per heavy atom. The molecule has 4 heteroatoms. The molecule has 0 aliphatic rings. The number of methoxy groups -OCH3 is 1. The van der Waals surface area contributed by atoms with Crippen LogP contribution >= 0.6 is 11.6 Å². The van der Waals surface area contributed by atoms with Crippen molar-refractivity contribution < 1.29 is 9.84 Å². The third kappa shape index (κ3) is 2.62. The highest BCUT2D eigenvalue weighted by atomic mass is 35.5. The number of aliphatic hydroxyl groups excluding tert-OH is 1. The van der Waals surface area contributed by atoms with Crippen LogP contribution in [0.1, 0.15) is 24.2 Å². The van der Waals surface area contributed by atoms with Crippen molar-refractivity contribution in [1.29, 1.82) is 0 Å². The molecule has 1 aromatic rings. The molecule has 0 saturated heterocycles. The Balaban J connectivity index is 3.15. The maximum atomic E-state index is 9.84. The number of hydrogen-bond donors (Lipinski definition) is 2. The van der Waals surface area contributed by atoms with Crippen molar-refractivity contribution in [2.45, 2.75) is 26.0 Å². The zero-order valence-electron chi connectivity index (χ0n) is 9.12. The Bertz CT molecular complexity index is 353. The monoisotopic (exact) mass is 229 g/mol. The molecule has 1 aromatic carbocycles. The highest BCUT2D eigenvalue weighted by Gasteiger charge is 2.16. The van der Waals surface area contributed by atoms with E-state index in [9.17, 15) is 5.11 Å². The fourth-order valence-electron chi connectivity index (χ4n) is 1.43. The number of halogens is 1. The minimum atomic E-state index is -0.701.